The van der Waals surface area contributed by atoms with Crippen LogP contribution in [0.1, 0.15) is 38.8 Å². The highest BCUT2D eigenvalue weighted by Gasteiger charge is 2.52. The van der Waals surface area contributed by atoms with Gasteiger partial charge in [0.15, 0.2) is 0 Å². The van der Waals surface area contributed by atoms with Crippen molar-refractivity contribution >= 4 is 35.2 Å². The molecule has 4 heteroatoms. The molecule has 2 rings (SSSR count). The highest BCUT2D eigenvalue weighted by molar-refractivity contribution is 14.1. The number of halogens is 1. The first kappa shape index (κ1) is 14.3. The summed E-state index contributed by atoms with van der Waals surface area (Å²) in [6, 6.07) is 4.35. The van der Waals surface area contributed by atoms with Crippen LogP contribution in [0.5, 0.6) is 0 Å². The molecule has 0 radical (unpaired) electrons. The van der Waals surface area contributed by atoms with Gasteiger partial charge in [0.1, 0.15) is 0 Å². The Morgan fingerprint density at radius 3 is 2.00 bits per heavy atom. The van der Waals surface area contributed by atoms with Gasteiger partial charge in [-0.05, 0) is 75.2 Å². The minimum absolute atomic E-state index is 0.263. The lowest BCUT2D eigenvalue weighted by molar-refractivity contribution is 0.00578. The maximum atomic E-state index is 6.11. The van der Waals surface area contributed by atoms with Gasteiger partial charge >= 0.3 is 7.12 Å². The summed E-state index contributed by atoms with van der Waals surface area (Å²) in [4.78, 5) is 0. The second kappa shape index (κ2) is 4.49. The zero-order valence-corrected chi connectivity index (χ0v) is 14.1. The van der Waals surface area contributed by atoms with Crippen molar-refractivity contribution in [1.82, 2.24) is 0 Å². The molecule has 0 saturated carbocycles. The molecule has 0 unspecified atom stereocenters. The van der Waals surface area contributed by atoms with Crippen LogP contribution in [0.15, 0.2) is 12.1 Å². The van der Waals surface area contributed by atoms with Gasteiger partial charge in [-0.1, -0.05) is 17.7 Å². The molecule has 0 aliphatic carbocycles. The Bertz CT molecular complexity index is 467. The van der Waals surface area contributed by atoms with E-state index >= 15 is 0 Å². The second-order valence-corrected chi connectivity index (χ2v) is 7.15. The summed E-state index contributed by atoms with van der Waals surface area (Å²) < 4.78 is 13.5. The van der Waals surface area contributed by atoms with E-state index in [4.69, 9.17) is 9.31 Å². The van der Waals surface area contributed by atoms with Gasteiger partial charge in [-0.3, -0.25) is 0 Å². The Kier molecular flexibility index (Phi) is 3.58. The number of hydrogen-bond donors (Lipinski definition) is 0. The fourth-order valence-electron chi connectivity index (χ4n) is 2.12. The van der Waals surface area contributed by atoms with Crippen LogP contribution in [0.25, 0.3) is 0 Å². The Morgan fingerprint density at radius 2 is 1.50 bits per heavy atom. The standard InChI is InChI=1S/C14H20BIO2/c1-9-7-10(2)12(16)11(8-9)15-17-13(3,4)14(5,6)18-15/h7-8H,1-6H3. The van der Waals surface area contributed by atoms with E-state index in [9.17, 15) is 0 Å². The van der Waals surface area contributed by atoms with Crippen LogP contribution in [0, 0.1) is 17.4 Å². The molecule has 1 aromatic rings. The first-order valence-corrected chi connectivity index (χ1v) is 7.34. The van der Waals surface area contributed by atoms with E-state index < -0.39 is 0 Å². The van der Waals surface area contributed by atoms with Crippen molar-refractivity contribution in [2.24, 2.45) is 0 Å². The molecular formula is C14H20BIO2. The molecule has 1 fully saturated rings. The number of hydrogen-bond acceptors (Lipinski definition) is 2. The van der Waals surface area contributed by atoms with Gasteiger partial charge in [0.2, 0.25) is 0 Å². The highest BCUT2D eigenvalue weighted by atomic mass is 127. The molecule has 1 aliphatic rings. The van der Waals surface area contributed by atoms with Crippen LogP contribution in [0.4, 0.5) is 0 Å². The monoisotopic (exact) mass is 358 g/mol. The van der Waals surface area contributed by atoms with Crippen LogP contribution >= 0.6 is 22.6 Å². The molecule has 0 bridgehead atoms. The second-order valence-electron chi connectivity index (χ2n) is 6.07. The minimum atomic E-state index is -0.279. The third-order valence-electron chi connectivity index (χ3n) is 3.93. The minimum Gasteiger partial charge on any atom is -0.399 e. The fraction of sp³-hybridized carbons (Fsp3) is 0.571. The first-order chi connectivity index (χ1) is 8.14. The Balaban J connectivity index is 2.41. The SMILES string of the molecule is Cc1cc(C)c(I)c(B2OC(C)(C)C(C)(C)O2)c1. The van der Waals surface area contributed by atoms with E-state index in [0.717, 1.165) is 5.46 Å². The molecule has 0 aromatic heterocycles. The van der Waals surface area contributed by atoms with Crippen molar-refractivity contribution in [3.63, 3.8) is 0 Å². The van der Waals surface area contributed by atoms with Crippen molar-refractivity contribution in [3.05, 3.63) is 26.8 Å². The first-order valence-electron chi connectivity index (χ1n) is 6.26. The third kappa shape index (κ3) is 2.34. The predicted molar refractivity (Wildman–Crippen MR) is 84.3 cm³/mol. The lowest BCUT2D eigenvalue weighted by Crippen LogP contribution is -2.41. The zero-order chi connectivity index (χ0) is 13.7. The Morgan fingerprint density at radius 1 is 1.00 bits per heavy atom. The van der Waals surface area contributed by atoms with Gasteiger partial charge in [0.05, 0.1) is 11.2 Å². The number of aryl methyl sites for hydroxylation is 2. The summed E-state index contributed by atoms with van der Waals surface area (Å²) in [6.45, 7) is 12.6. The molecule has 1 aromatic carbocycles. The maximum absolute atomic E-state index is 6.11. The predicted octanol–water partition coefficient (Wildman–Crippen LogP) is 3.21. The Hall–Kier alpha value is -0.0651. The van der Waals surface area contributed by atoms with E-state index in [1.54, 1.807) is 0 Å². The average molecular weight is 358 g/mol. The highest BCUT2D eigenvalue weighted by Crippen LogP contribution is 2.37. The van der Waals surface area contributed by atoms with Crippen LogP contribution < -0.4 is 5.46 Å². The van der Waals surface area contributed by atoms with E-state index in [1.807, 2.05) is 0 Å². The van der Waals surface area contributed by atoms with Gasteiger partial charge in [-0.2, -0.15) is 0 Å². The fourth-order valence-corrected chi connectivity index (χ4v) is 2.69. The zero-order valence-electron chi connectivity index (χ0n) is 11.9. The van der Waals surface area contributed by atoms with E-state index in [0.29, 0.717) is 0 Å². The van der Waals surface area contributed by atoms with Crippen LogP contribution in [0.3, 0.4) is 0 Å². The summed E-state index contributed by atoms with van der Waals surface area (Å²) in [5.41, 5.74) is 3.11. The van der Waals surface area contributed by atoms with Crippen LogP contribution in [-0.4, -0.2) is 18.3 Å². The van der Waals surface area contributed by atoms with Gasteiger partial charge in [-0.15, -0.1) is 0 Å². The van der Waals surface area contributed by atoms with Crippen molar-refractivity contribution in [2.75, 3.05) is 0 Å². The topological polar surface area (TPSA) is 18.5 Å². The smallest absolute Gasteiger partial charge is 0.399 e. The lowest BCUT2D eigenvalue weighted by Gasteiger charge is -2.32. The molecule has 98 valence electrons. The third-order valence-corrected chi connectivity index (χ3v) is 5.41. The van der Waals surface area contributed by atoms with E-state index in [-0.39, 0.29) is 18.3 Å². The van der Waals surface area contributed by atoms with E-state index in [1.165, 1.54) is 14.7 Å². The molecule has 0 amide bonds. The summed E-state index contributed by atoms with van der Waals surface area (Å²) in [7, 11) is -0.263. The normalized spacial score (nSPS) is 21.4. The number of rotatable bonds is 1. The average Bonchev–Trinajstić information content (AvgIpc) is 2.42. The summed E-state index contributed by atoms with van der Waals surface area (Å²) in [6.07, 6.45) is 0. The van der Waals surface area contributed by atoms with Crippen molar-refractivity contribution < 1.29 is 9.31 Å². The van der Waals surface area contributed by atoms with Crippen molar-refractivity contribution in [1.29, 1.82) is 0 Å². The lowest BCUT2D eigenvalue weighted by atomic mass is 9.77. The van der Waals surface area contributed by atoms with Crippen molar-refractivity contribution in [3.8, 4) is 0 Å². The molecule has 18 heavy (non-hydrogen) atoms. The summed E-state index contributed by atoms with van der Waals surface area (Å²) in [5, 5.41) is 0. The largest absolute Gasteiger partial charge is 0.495 e. The van der Waals surface area contributed by atoms with Gasteiger partial charge in [0.25, 0.3) is 0 Å². The van der Waals surface area contributed by atoms with Crippen LogP contribution in [0.2, 0.25) is 0 Å². The quantitative estimate of drug-likeness (QED) is 0.567. The molecule has 0 spiro atoms. The molecule has 0 atom stereocenters. The molecule has 1 aliphatic heterocycles. The van der Waals surface area contributed by atoms with Gasteiger partial charge in [0, 0.05) is 3.57 Å². The van der Waals surface area contributed by atoms with Gasteiger partial charge < -0.3 is 9.31 Å². The molecular weight excluding hydrogens is 338 g/mol. The Labute approximate surface area is 124 Å². The van der Waals surface area contributed by atoms with Crippen LogP contribution in [-0.2, 0) is 9.31 Å². The summed E-state index contributed by atoms with van der Waals surface area (Å²) in [5.74, 6) is 0. The number of benzene rings is 1. The van der Waals surface area contributed by atoms with Gasteiger partial charge in [-0.25, -0.2) is 0 Å². The summed E-state index contributed by atoms with van der Waals surface area (Å²) >= 11 is 2.37. The maximum Gasteiger partial charge on any atom is 0.495 e. The molecule has 0 N–H and O–H groups in total. The molecule has 2 nitrogen and oxygen atoms in total. The van der Waals surface area contributed by atoms with Crippen molar-refractivity contribution in [2.45, 2.75) is 52.7 Å². The molecule has 1 heterocycles. The van der Waals surface area contributed by atoms with E-state index in [2.05, 4.69) is 76.3 Å². The molecule has 1 saturated heterocycles.